The van der Waals surface area contributed by atoms with E-state index in [1.807, 2.05) is 0 Å². The summed E-state index contributed by atoms with van der Waals surface area (Å²) in [5.41, 5.74) is -1.54. The molecule has 6 nitrogen and oxygen atoms in total. The van der Waals surface area contributed by atoms with E-state index >= 15 is 0 Å². The highest BCUT2D eigenvalue weighted by molar-refractivity contribution is 5.94. The summed E-state index contributed by atoms with van der Waals surface area (Å²) >= 11 is 0. The molecule has 0 saturated carbocycles. The van der Waals surface area contributed by atoms with Crippen LogP contribution in [0.4, 0.5) is 17.6 Å². The minimum atomic E-state index is -2.08. The minimum absolute atomic E-state index is 0.113. The lowest BCUT2D eigenvalue weighted by Gasteiger charge is -2.13. The highest BCUT2D eigenvalue weighted by atomic mass is 19.2. The zero-order chi connectivity index (χ0) is 16.6. The monoisotopic (exact) mass is 318 g/mol. The molecule has 1 unspecified atom stereocenters. The van der Waals surface area contributed by atoms with Crippen molar-refractivity contribution in [2.24, 2.45) is 7.05 Å². The van der Waals surface area contributed by atoms with Gasteiger partial charge in [0.15, 0.2) is 29.1 Å². The van der Waals surface area contributed by atoms with E-state index in [2.05, 4.69) is 15.5 Å². The molecule has 1 atom stereocenters. The number of hydrogen-bond acceptors (Lipinski definition) is 3. The van der Waals surface area contributed by atoms with Crippen LogP contribution in [0.15, 0.2) is 10.9 Å². The summed E-state index contributed by atoms with van der Waals surface area (Å²) in [5, 5.41) is 7.98. The van der Waals surface area contributed by atoms with E-state index in [1.54, 1.807) is 0 Å². The summed E-state index contributed by atoms with van der Waals surface area (Å²) in [7, 11) is 1.38. The van der Waals surface area contributed by atoms with Gasteiger partial charge in [0.25, 0.3) is 5.91 Å². The van der Waals surface area contributed by atoms with Gasteiger partial charge in [-0.3, -0.25) is 9.36 Å². The summed E-state index contributed by atoms with van der Waals surface area (Å²) in [6.45, 7) is 1.42. The van der Waals surface area contributed by atoms with Gasteiger partial charge in [-0.2, -0.15) is 5.10 Å². The number of aromatic amines is 1. The first-order chi connectivity index (χ1) is 10.2. The maximum absolute atomic E-state index is 13.5. The van der Waals surface area contributed by atoms with E-state index in [0.29, 0.717) is 0 Å². The SMILES string of the molecule is CC(NC(=O)c1cc(F)c(F)c(F)c1F)c1n[nH]c(=O)n1C. The van der Waals surface area contributed by atoms with Crippen molar-refractivity contribution in [1.82, 2.24) is 20.1 Å². The van der Waals surface area contributed by atoms with Crippen molar-refractivity contribution in [3.63, 3.8) is 0 Å². The molecule has 2 aromatic rings. The van der Waals surface area contributed by atoms with Gasteiger partial charge in [-0.05, 0) is 13.0 Å². The minimum Gasteiger partial charge on any atom is -0.342 e. The molecule has 0 bridgehead atoms. The van der Waals surface area contributed by atoms with Crippen LogP contribution in [-0.4, -0.2) is 20.7 Å². The van der Waals surface area contributed by atoms with Crippen molar-refractivity contribution in [2.45, 2.75) is 13.0 Å². The number of nitrogens with zero attached hydrogens (tertiary/aromatic N) is 2. The van der Waals surface area contributed by atoms with Gasteiger partial charge in [0.05, 0.1) is 11.6 Å². The van der Waals surface area contributed by atoms with E-state index in [9.17, 15) is 27.2 Å². The van der Waals surface area contributed by atoms with Crippen molar-refractivity contribution in [3.8, 4) is 0 Å². The smallest absolute Gasteiger partial charge is 0.342 e. The van der Waals surface area contributed by atoms with Crippen molar-refractivity contribution in [1.29, 1.82) is 0 Å². The second-order valence-electron chi connectivity index (χ2n) is 4.49. The lowest BCUT2D eigenvalue weighted by atomic mass is 10.1. The molecule has 1 aromatic carbocycles. The highest BCUT2D eigenvalue weighted by Gasteiger charge is 2.25. The summed E-state index contributed by atoms with van der Waals surface area (Å²) in [6.07, 6.45) is 0. The molecule has 10 heteroatoms. The van der Waals surface area contributed by atoms with Crippen molar-refractivity contribution in [2.75, 3.05) is 0 Å². The Morgan fingerprint density at radius 3 is 2.45 bits per heavy atom. The molecule has 1 amide bonds. The second kappa shape index (κ2) is 5.62. The molecule has 118 valence electrons. The molecule has 2 N–H and O–H groups in total. The molecule has 0 aliphatic heterocycles. The molecule has 0 fully saturated rings. The Morgan fingerprint density at radius 2 is 1.91 bits per heavy atom. The first-order valence-corrected chi connectivity index (χ1v) is 5.99. The molecular weight excluding hydrogens is 308 g/mol. The Bertz CT molecular complexity index is 799. The number of nitrogens with one attached hydrogen (secondary N) is 2. The van der Waals surface area contributed by atoms with E-state index in [-0.39, 0.29) is 11.9 Å². The molecule has 0 spiro atoms. The first kappa shape index (κ1) is 15.7. The molecule has 1 heterocycles. The van der Waals surface area contributed by atoms with Crippen molar-refractivity contribution >= 4 is 5.91 Å². The van der Waals surface area contributed by atoms with E-state index < -0.39 is 46.5 Å². The van der Waals surface area contributed by atoms with Gasteiger partial charge in [0.1, 0.15) is 0 Å². The van der Waals surface area contributed by atoms with Crippen LogP contribution in [0.1, 0.15) is 29.1 Å². The Kier molecular flexibility index (Phi) is 4.02. The fourth-order valence-corrected chi connectivity index (χ4v) is 1.82. The van der Waals surface area contributed by atoms with Gasteiger partial charge in [-0.15, -0.1) is 0 Å². The third-order valence-electron chi connectivity index (χ3n) is 3.00. The van der Waals surface area contributed by atoms with Crippen LogP contribution in [0.2, 0.25) is 0 Å². The van der Waals surface area contributed by atoms with E-state index in [4.69, 9.17) is 0 Å². The molecule has 0 aliphatic rings. The molecule has 22 heavy (non-hydrogen) atoms. The normalized spacial score (nSPS) is 12.3. The largest absolute Gasteiger partial charge is 0.343 e. The Balaban J connectivity index is 2.30. The number of aromatic nitrogens is 3. The van der Waals surface area contributed by atoms with E-state index in [1.165, 1.54) is 14.0 Å². The van der Waals surface area contributed by atoms with Crippen LogP contribution in [0, 0.1) is 23.3 Å². The third kappa shape index (κ3) is 2.59. The lowest BCUT2D eigenvalue weighted by molar-refractivity contribution is 0.0931. The number of rotatable bonds is 3. The number of hydrogen-bond donors (Lipinski definition) is 2. The third-order valence-corrected chi connectivity index (χ3v) is 3.00. The summed E-state index contributed by atoms with van der Waals surface area (Å²) in [4.78, 5) is 23.1. The van der Waals surface area contributed by atoms with Crippen LogP contribution in [-0.2, 0) is 7.05 Å². The molecule has 1 aromatic heterocycles. The maximum atomic E-state index is 13.5. The lowest BCUT2D eigenvalue weighted by Crippen LogP contribution is -2.30. The number of carbonyl (C=O) groups excluding carboxylic acids is 1. The Hall–Kier alpha value is -2.65. The highest BCUT2D eigenvalue weighted by Crippen LogP contribution is 2.19. The topological polar surface area (TPSA) is 79.8 Å². The molecule has 0 radical (unpaired) electrons. The summed E-state index contributed by atoms with van der Waals surface area (Å²) in [5.74, 6) is -8.65. The number of benzene rings is 1. The van der Waals surface area contributed by atoms with E-state index in [0.717, 1.165) is 4.57 Å². The van der Waals surface area contributed by atoms with Gasteiger partial charge in [0.2, 0.25) is 0 Å². The molecular formula is C12H10F4N4O2. The molecule has 2 rings (SSSR count). The molecule has 0 saturated heterocycles. The van der Waals surface area contributed by atoms with Crippen LogP contribution in [0.5, 0.6) is 0 Å². The fraction of sp³-hybridized carbons (Fsp3) is 0.250. The Labute approximate surface area is 120 Å². The quantitative estimate of drug-likeness (QED) is 0.506. The predicted octanol–water partition coefficient (Wildman–Crippen LogP) is 1.16. The average Bonchev–Trinajstić information content (AvgIpc) is 2.80. The molecule has 0 aliphatic carbocycles. The zero-order valence-electron chi connectivity index (χ0n) is 11.4. The second-order valence-corrected chi connectivity index (χ2v) is 4.49. The van der Waals surface area contributed by atoms with Crippen molar-refractivity contribution in [3.05, 3.63) is 51.2 Å². The maximum Gasteiger partial charge on any atom is 0.343 e. The number of halogens is 4. The van der Waals surface area contributed by atoms with Crippen LogP contribution < -0.4 is 11.0 Å². The van der Waals surface area contributed by atoms with Crippen LogP contribution >= 0.6 is 0 Å². The average molecular weight is 318 g/mol. The predicted molar refractivity (Wildman–Crippen MR) is 66.0 cm³/mol. The summed E-state index contributed by atoms with van der Waals surface area (Å²) < 4.78 is 53.6. The van der Waals surface area contributed by atoms with Gasteiger partial charge >= 0.3 is 5.69 Å². The fourth-order valence-electron chi connectivity index (χ4n) is 1.82. The zero-order valence-corrected chi connectivity index (χ0v) is 11.4. The van der Waals surface area contributed by atoms with Gasteiger partial charge < -0.3 is 5.32 Å². The van der Waals surface area contributed by atoms with Crippen LogP contribution in [0.25, 0.3) is 0 Å². The summed E-state index contributed by atoms with van der Waals surface area (Å²) in [6, 6.07) is -0.619. The first-order valence-electron chi connectivity index (χ1n) is 5.99. The number of H-pyrrole nitrogens is 1. The van der Waals surface area contributed by atoms with Crippen LogP contribution in [0.3, 0.4) is 0 Å². The van der Waals surface area contributed by atoms with Crippen molar-refractivity contribution < 1.29 is 22.4 Å². The van der Waals surface area contributed by atoms with Gasteiger partial charge in [-0.25, -0.2) is 27.5 Å². The standard InChI is InChI=1S/C12H10F4N4O2/c1-4(10-18-19-12(22)20(10)2)17-11(21)5-3-6(13)8(15)9(16)7(5)14/h3-4H,1-2H3,(H,17,21)(H,19,22). The number of amides is 1. The number of carbonyl (C=O) groups is 1. The van der Waals surface area contributed by atoms with Gasteiger partial charge in [0, 0.05) is 7.05 Å². The van der Waals surface area contributed by atoms with Gasteiger partial charge in [-0.1, -0.05) is 0 Å². The Morgan fingerprint density at radius 1 is 1.27 bits per heavy atom.